The van der Waals surface area contributed by atoms with Gasteiger partial charge in [0.1, 0.15) is 0 Å². The van der Waals surface area contributed by atoms with Crippen molar-refractivity contribution < 1.29 is 42.9 Å². The van der Waals surface area contributed by atoms with Crippen molar-refractivity contribution in [2.75, 3.05) is 66.1 Å². The molecule has 0 bridgehead atoms. The normalized spacial score (nSPS) is 13.1. The summed E-state index contributed by atoms with van der Waals surface area (Å²) in [6, 6.07) is 6.59. The average Bonchev–Trinajstić information content (AvgIpc) is 3.05. The number of imide groups is 1. The number of hydrogen-bond acceptors (Lipinski definition) is 9. The first-order valence-electron chi connectivity index (χ1n) is 11.1. The van der Waals surface area contributed by atoms with Crippen LogP contribution in [0.1, 0.15) is 41.0 Å². The highest BCUT2D eigenvalue weighted by Crippen LogP contribution is 2.22. The second-order valence-electron chi connectivity index (χ2n) is 7.56. The van der Waals surface area contributed by atoms with Crippen LogP contribution in [0.15, 0.2) is 24.3 Å². The van der Waals surface area contributed by atoms with Gasteiger partial charge in [0, 0.05) is 0 Å². The fourth-order valence-electron chi connectivity index (χ4n) is 2.72. The number of fused-ring (bicyclic) bond motifs is 1. The quantitative estimate of drug-likeness (QED) is 0.181. The van der Waals surface area contributed by atoms with Crippen LogP contribution in [0.4, 0.5) is 0 Å². The molecule has 10 heteroatoms. The Morgan fingerprint density at radius 2 is 1.21 bits per heavy atom. The minimum atomic E-state index is -0.464. The molecule has 1 aliphatic heterocycles. The number of nitrogens with zero attached hydrogens (tertiary/aromatic N) is 1. The van der Waals surface area contributed by atoms with Crippen LogP contribution >= 0.6 is 0 Å². The van der Waals surface area contributed by atoms with Crippen molar-refractivity contribution in [3.05, 3.63) is 35.4 Å². The van der Waals surface area contributed by atoms with Gasteiger partial charge >= 0.3 is 5.97 Å². The molecule has 0 atom stereocenters. The van der Waals surface area contributed by atoms with E-state index in [1.807, 2.05) is 13.8 Å². The lowest BCUT2D eigenvalue weighted by Gasteiger charge is -2.13. The van der Waals surface area contributed by atoms with Gasteiger partial charge in [0.2, 0.25) is 0 Å². The lowest BCUT2D eigenvalue weighted by atomic mass is 10.1. The van der Waals surface area contributed by atoms with E-state index in [0.29, 0.717) is 69.9 Å². The molecule has 1 aliphatic rings. The van der Waals surface area contributed by atoms with Gasteiger partial charge in [-0.05, 0) is 18.1 Å². The molecule has 1 aromatic carbocycles. The summed E-state index contributed by atoms with van der Waals surface area (Å²) in [5, 5.41) is 0.768. The van der Waals surface area contributed by atoms with Gasteiger partial charge in [0.05, 0.1) is 83.6 Å². The van der Waals surface area contributed by atoms with Gasteiger partial charge in [-0.2, -0.15) is 0 Å². The number of hydrogen-bond donors (Lipinski definition) is 0. The largest absolute Gasteiger partial charge is 0.465 e. The molecule has 0 aromatic heterocycles. The Morgan fingerprint density at radius 3 is 1.70 bits per heavy atom. The van der Waals surface area contributed by atoms with Crippen molar-refractivity contribution in [2.45, 2.75) is 20.3 Å². The third-order valence-corrected chi connectivity index (χ3v) is 4.35. The Hall–Kier alpha value is -2.37. The molecule has 0 saturated heterocycles. The zero-order chi connectivity index (χ0) is 23.9. The summed E-state index contributed by atoms with van der Waals surface area (Å²) < 4.78 is 26.5. The van der Waals surface area contributed by atoms with Crippen molar-refractivity contribution in [1.29, 1.82) is 0 Å². The van der Waals surface area contributed by atoms with E-state index in [9.17, 15) is 14.4 Å². The number of benzene rings is 1. The van der Waals surface area contributed by atoms with Crippen LogP contribution in [-0.2, 0) is 33.3 Å². The van der Waals surface area contributed by atoms with Gasteiger partial charge in [-0.3, -0.25) is 19.2 Å². The number of ether oxygens (including phenoxy) is 5. The van der Waals surface area contributed by atoms with Crippen LogP contribution in [0.3, 0.4) is 0 Å². The predicted octanol–water partition coefficient (Wildman–Crippen LogP) is 1.87. The van der Waals surface area contributed by atoms with Gasteiger partial charge in [-0.15, -0.1) is 5.06 Å². The summed E-state index contributed by atoms with van der Waals surface area (Å²) in [7, 11) is 0. The SMILES string of the molecule is CC(C)COC(=O)CCOCCOCCOCCOCCON1C(=O)c2ccccc2C1=O. The summed E-state index contributed by atoms with van der Waals surface area (Å²) in [5.74, 6) is -0.860. The summed E-state index contributed by atoms with van der Waals surface area (Å²) in [5.41, 5.74) is 0.680. The summed E-state index contributed by atoms with van der Waals surface area (Å²) in [4.78, 5) is 40.9. The highest BCUT2D eigenvalue weighted by Gasteiger charge is 2.36. The van der Waals surface area contributed by atoms with Gasteiger partial charge in [0.15, 0.2) is 0 Å². The van der Waals surface area contributed by atoms with Crippen LogP contribution in [0.5, 0.6) is 0 Å². The van der Waals surface area contributed by atoms with Crippen molar-refractivity contribution in [3.8, 4) is 0 Å². The second kappa shape index (κ2) is 15.5. The average molecular weight is 468 g/mol. The summed E-state index contributed by atoms with van der Waals surface area (Å²) in [6.45, 7) is 7.37. The Labute approximate surface area is 194 Å². The molecule has 2 rings (SSSR count). The Bertz CT molecular complexity index is 718. The zero-order valence-corrected chi connectivity index (χ0v) is 19.3. The fourth-order valence-corrected chi connectivity index (χ4v) is 2.72. The number of amides is 2. The molecule has 0 N–H and O–H groups in total. The molecule has 0 saturated carbocycles. The Morgan fingerprint density at radius 1 is 0.758 bits per heavy atom. The minimum absolute atomic E-state index is 0.0734. The smallest absolute Gasteiger partial charge is 0.308 e. The molecule has 0 spiro atoms. The lowest BCUT2D eigenvalue weighted by Crippen LogP contribution is -2.31. The number of esters is 1. The maximum atomic E-state index is 12.1. The highest BCUT2D eigenvalue weighted by molar-refractivity contribution is 6.20. The first-order chi connectivity index (χ1) is 16.0. The Balaban J connectivity index is 1.34. The van der Waals surface area contributed by atoms with E-state index < -0.39 is 11.8 Å². The molecule has 2 amide bonds. The van der Waals surface area contributed by atoms with Gasteiger partial charge in [-0.1, -0.05) is 26.0 Å². The van der Waals surface area contributed by atoms with E-state index in [1.165, 1.54) is 0 Å². The molecule has 0 unspecified atom stereocenters. The first-order valence-corrected chi connectivity index (χ1v) is 11.1. The highest BCUT2D eigenvalue weighted by atomic mass is 16.7. The molecule has 0 radical (unpaired) electrons. The van der Waals surface area contributed by atoms with E-state index >= 15 is 0 Å². The summed E-state index contributed by atoms with van der Waals surface area (Å²) in [6.07, 6.45) is 0.235. The van der Waals surface area contributed by atoms with Crippen LogP contribution < -0.4 is 0 Å². The molecule has 1 heterocycles. The summed E-state index contributed by atoms with van der Waals surface area (Å²) >= 11 is 0. The minimum Gasteiger partial charge on any atom is -0.465 e. The van der Waals surface area contributed by atoms with Crippen LogP contribution in [0.25, 0.3) is 0 Å². The monoisotopic (exact) mass is 467 g/mol. The number of carbonyl (C=O) groups is 3. The van der Waals surface area contributed by atoms with E-state index in [2.05, 4.69) is 0 Å². The molecule has 33 heavy (non-hydrogen) atoms. The van der Waals surface area contributed by atoms with Crippen molar-refractivity contribution >= 4 is 17.8 Å². The third-order valence-electron chi connectivity index (χ3n) is 4.35. The van der Waals surface area contributed by atoms with Gasteiger partial charge in [0.25, 0.3) is 11.8 Å². The van der Waals surface area contributed by atoms with Crippen LogP contribution in [-0.4, -0.2) is 88.9 Å². The van der Waals surface area contributed by atoms with E-state index in [-0.39, 0.29) is 25.6 Å². The molecule has 184 valence electrons. The zero-order valence-electron chi connectivity index (χ0n) is 19.3. The topological polar surface area (TPSA) is 110 Å². The molecule has 10 nitrogen and oxygen atoms in total. The standard InChI is InChI=1S/C23H33NO9/c1-18(2)17-32-21(25)7-8-28-9-10-29-11-12-30-13-14-31-15-16-33-24-22(26)19-5-3-4-6-20(19)23(24)27/h3-6,18H,7-17H2,1-2H3. The van der Waals surface area contributed by atoms with Gasteiger partial charge < -0.3 is 23.7 Å². The maximum absolute atomic E-state index is 12.1. The maximum Gasteiger partial charge on any atom is 0.308 e. The molecule has 0 aliphatic carbocycles. The van der Waals surface area contributed by atoms with E-state index in [0.717, 1.165) is 5.06 Å². The van der Waals surface area contributed by atoms with Crippen molar-refractivity contribution in [1.82, 2.24) is 5.06 Å². The van der Waals surface area contributed by atoms with Crippen molar-refractivity contribution in [3.63, 3.8) is 0 Å². The fraction of sp³-hybridized carbons (Fsp3) is 0.609. The Kier molecular flexibility index (Phi) is 12.6. The van der Waals surface area contributed by atoms with Crippen LogP contribution in [0, 0.1) is 5.92 Å². The van der Waals surface area contributed by atoms with E-state index in [1.54, 1.807) is 24.3 Å². The third kappa shape index (κ3) is 9.97. The van der Waals surface area contributed by atoms with E-state index in [4.69, 9.17) is 28.5 Å². The number of carbonyl (C=O) groups excluding carboxylic acids is 3. The molecule has 1 aromatic rings. The molecular weight excluding hydrogens is 434 g/mol. The predicted molar refractivity (Wildman–Crippen MR) is 117 cm³/mol. The first kappa shape index (κ1) is 26.9. The lowest BCUT2D eigenvalue weighted by molar-refractivity contribution is -0.146. The van der Waals surface area contributed by atoms with Gasteiger partial charge in [-0.25, -0.2) is 0 Å². The molecule has 0 fully saturated rings. The number of hydroxylamine groups is 2. The second-order valence-corrected chi connectivity index (χ2v) is 7.56. The van der Waals surface area contributed by atoms with Crippen molar-refractivity contribution in [2.24, 2.45) is 5.92 Å². The number of rotatable bonds is 18. The van der Waals surface area contributed by atoms with Crippen LogP contribution in [0.2, 0.25) is 0 Å². The molecular formula is C23H33NO9.